The predicted molar refractivity (Wildman–Crippen MR) is 79.8 cm³/mol. The van der Waals surface area contributed by atoms with Gasteiger partial charge in [0, 0.05) is 11.3 Å². The number of fused-ring (bicyclic) bond motifs is 1. The van der Waals surface area contributed by atoms with Crippen molar-refractivity contribution in [1.29, 1.82) is 0 Å². The van der Waals surface area contributed by atoms with Crippen LogP contribution in [-0.2, 0) is 0 Å². The molecule has 1 heterocycles. The highest BCUT2D eigenvalue weighted by atomic mass is 19.1. The molecule has 0 radical (unpaired) electrons. The standard InChI is InChI=1S/C15H12FN3O3/c1-22-13-5-2-8(6-10(13)16)14(20)17-9-3-4-11-12(7-9)19-15(21)18-11/h2-7H,1H3,(H,17,20)(H2,18,19,21). The Kier molecular flexibility index (Phi) is 3.38. The second kappa shape index (κ2) is 5.36. The zero-order valence-electron chi connectivity index (χ0n) is 11.6. The van der Waals surface area contributed by atoms with Crippen LogP contribution in [-0.4, -0.2) is 23.0 Å². The Morgan fingerprint density at radius 1 is 1.14 bits per heavy atom. The monoisotopic (exact) mass is 301 g/mol. The van der Waals surface area contributed by atoms with Crippen molar-refractivity contribution in [3.8, 4) is 5.75 Å². The first kappa shape index (κ1) is 13.9. The van der Waals surface area contributed by atoms with Gasteiger partial charge in [0.15, 0.2) is 11.6 Å². The van der Waals surface area contributed by atoms with Gasteiger partial charge in [-0.1, -0.05) is 0 Å². The van der Waals surface area contributed by atoms with E-state index in [-0.39, 0.29) is 17.0 Å². The lowest BCUT2D eigenvalue weighted by Crippen LogP contribution is -2.12. The minimum absolute atomic E-state index is 0.0721. The number of amides is 1. The Hall–Kier alpha value is -3.09. The number of rotatable bonds is 3. The molecule has 0 saturated carbocycles. The lowest BCUT2D eigenvalue weighted by atomic mass is 10.2. The molecule has 6 nitrogen and oxygen atoms in total. The second-order valence-electron chi connectivity index (χ2n) is 4.64. The number of nitrogens with one attached hydrogen (secondary N) is 3. The largest absolute Gasteiger partial charge is 0.494 e. The SMILES string of the molecule is COc1ccc(C(=O)Nc2ccc3[nH]c(=O)[nH]c3c2)cc1F. The van der Waals surface area contributed by atoms with Crippen molar-refractivity contribution in [2.75, 3.05) is 12.4 Å². The highest BCUT2D eigenvalue weighted by molar-refractivity contribution is 6.05. The van der Waals surface area contributed by atoms with Gasteiger partial charge in [0.25, 0.3) is 5.91 Å². The maximum absolute atomic E-state index is 13.6. The van der Waals surface area contributed by atoms with E-state index in [0.29, 0.717) is 16.7 Å². The molecule has 0 bridgehead atoms. The number of benzene rings is 2. The molecule has 2 aromatic carbocycles. The molecule has 7 heteroatoms. The normalized spacial score (nSPS) is 10.6. The molecule has 22 heavy (non-hydrogen) atoms. The van der Waals surface area contributed by atoms with E-state index in [2.05, 4.69) is 15.3 Å². The third kappa shape index (κ3) is 2.56. The number of H-pyrrole nitrogens is 2. The van der Waals surface area contributed by atoms with Crippen LogP contribution in [0.25, 0.3) is 11.0 Å². The van der Waals surface area contributed by atoms with Crippen molar-refractivity contribution in [2.45, 2.75) is 0 Å². The summed E-state index contributed by atoms with van der Waals surface area (Å²) in [6.07, 6.45) is 0. The maximum atomic E-state index is 13.6. The van der Waals surface area contributed by atoms with Crippen LogP contribution in [0.3, 0.4) is 0 Å². The van der Waals surface area contributed by atoms with Crippen molar-refractivity contribution in [2.24, 2.45) is 0 Å². The number of hydrogen-bond acceptors (Lipinski definition) is 3. The summed E-state index contributed by atoms with van der Waals surface area (Å²) in [6, 6.07) is 8.88. The lowest BCUT2D eigenvalue weighted by molar-refractivity contribution is 0.102. The number of halogens is 1. The topological polar surface area (TPSA) is 87.0 Å². The van der Waals surface area contributed by atoms with Gasteiger partial charge in [-0.15, -0.1) is 0 Å². The van der Waals surface area contributed by atoms with E-state index in [1.54, 1.807) is 18.2 Å². The summed E-state index contributed by atoms with van der Waals surface area (Å²) in [6.45, 7) is 0. The van der Waals surface area contributed by atoms with Gasteiger partial charge in [-0.25, -0.2) is 9.18 Å². The molecule has 0 saturated heterocycles. The molecule has 0 atom stereocenters. The number of ether oxygens (including phenoxy) is 1. The lowest BCUT2D eigenvalue weighted by Gasteiger charge is -2.07. The van der Waals surface area contributed by atoms with Crippen LogP contribution in [0, 0.1) is 5.82 Å². The Labute approximate surface area is 123 Å². The van der Waals surface area contributed by atoms with Gasteiger partial charge in [0.2, 0.25) is 0 Å². The molecule has 3 N–H and O–H groups in total. The number of hydrogen-bond donors (Lipinski definition) is 3. The third-order valence-electron chi connectivity index (χ3n) is 3.19. The molecule has 1 amide bonds. The van der Waals surface area contributed by atoms with Crippen LogP contribution in [0.5, 0.6) is 5.75 Å². The van der Waals surface area contributed by atoms with Crippen molar-refractivity contribution in [1.82, 2.24) is 9.97 Å². The summed E-state index contributed by atoms with van der Waals surface area (Å²) in [5, 5.41) is 2.64. The van der Waals surface area contributed by atoms with E-state index in [1.807, 2.05) is 0 Å². The minimum atomic E-state index is -0.611. The maximum Gasteiger partial charge on any atom is 0.323 e. The number of carbonyl (C=O) groups excluding carboxylic acids is 1. The minimum Gasteiger partial charge on any atom is -0.494 e. The Balaban J connectivity index is 1.85. The number of aromatic nitrogens is 2. The fraction of sp³-hybridized carbons (Fsp3) is 0.0667. The van der Waals surface area contributed by atoms with Crippen LogP contribution >= 0.6 is 0 Å². The Morgan fingerprint density at radius 2 is 1.91 bits per heavy atom. The zero-order valence-corrected chi connectivity index (χ0v) is 11.6. The fourth-order valence-corrected chi connectivity index (χ4v) is 2.12. The summed E-state index contributed by atoms with van der Waals surface area (Å²) < 4.78 is 18.4. The molecular formula is C15H12FN3O3. The third-order valence-corrected chi connectivity index (χ3v) is 3.19. The van der Waals surface area contributed by atoms with Gasteiger partial charge in [-0.05, 0) is 36.4 Å². The van der Waals surface area contributed by atoms with E-state index >= 15 is 0 Å². The highest BCUT2D eigenvalue weighted by Gasteiger charge is 2.11. The second-order valence-corrected chi connectivity index (χ2v) is 4.64. The van der Waals surface area contributed by atoms with E-state index < -0.39 is 11.7 Å². The van der Waals surface area contributed by atoms with Crippen molar-refractivity contribution in [3.63, 3.8) is 0 Å². The Bertz CT molecular complexity index is 914. The van der Waals surface area contributed by atoms with Gasteiger partial charge in [-0.2, -0.15) is 0 Å². The summed E-state index contributed by atoms with van der Waals surface area (Å²) >= 11 is 0. The number of aromatic amines is 2. The molecule has 112 valence electrons. The van der Waals surface area contributed by atoms with Crippen LogP contribution in [0.2, 0.25) is 0 Å². The fourth-order valence-electron chi connectivity index (χ4n) is 2.12. The average molecular weight is 301 g/mol. The van der Waals surface area contributed by atoms with Gasteiger partial charge >= 0.3 is 5.69 Å². The summed E-state index contributed by atoms with van der Waals surface area (Å²) in [5.74, 6) is -0.998. The Morgan fingerprint density at radius 3 is 2.64 bits per heavy atom. The average Bonchev–Trinajstić information content (AvgIpc) is 2.86. The molecule has 0 aliphatic heterocycles. The smallest absolute Gasteiger partial charge is 0.323 e. The molecule has 3 rings (SSSR count). The van der Waals surface area contributed by atoms with Crippen molar-refractivity contribution >= 4 is 22.6 Å². The van der Waals surface area contributed by atoms with Gasteiger partial charge in [-0.3, -0.25) is 4.79 Å². The van der Waals surface area contributed by atoms with Gasteiger partial charge in [0.05, 0.1) is 18.1 Å². The summed E-state index contributed by atoms with van der Waals surface area (Å²) in [4.78, 5) is 28.5. The van der Waals surface area contributed by atoms with Crippen molar-refractivity contribution in [3.05, 3.63) is 58.3 Å². The molecule has 3 aromatic rings. The molecule has 0 unspecified atom stereocenters. The van der Waals surface area contributed by atoms with E-state index in [1.165, 1.54) is 19.2 Å². The number of imidazole rings is 1. The number of anilines is 1. The predicted octanol–water partition coefficient (Wildman–Crippen LogP) is 2.26. The van der Waals surface area contributed by atoms with Crippen LogP contribution in [0.4, 0.5) is 10.1 Å². The van der Waals surface area contributed by atoms with E-state index in [9.17, 15) is 14.0 Å². The first-order chi connectivity index (χ1) is 10.6. The molecule has 1 aromatic heterocycles. The number of carbonyl (C=O) groups is 1. The summed E-state index contributed by atoms with van der Waals surface area (Å²) in [5.41, 5.74) is 1.54. The van der Waals surface area contributed by atoms with Crippen LogP contribution in [0.15, 0.2) is 41.2 Å². The van der Waals surface area contributed by atoms with Crippen LogP contribution < -0.4 is 15.7 Å². The molecular weight excluding hydrogens is 289 g/mol. The first-order valence-electron chi connectivity index (χ1n) is 6.44. The highest BCUT2D eigenvalue weighted by Crippen LogP contribution is 2.19. The van der Waals surface area contributed by atoms with E-state index in [4.69, 9.17) is 4.74 Å². The first-order valence-corrected chi connectivity index (χ1v) is 6.44. The molecule has 0 fully saturated rings. The summed E-state index contributed by atoms with van der Waals surface area (Å²) in [7, 11) is 1.35. The molecule has 0 spiro atoms. The van der Waals surface area contributed by atoms with Gasteiger partial charge in [0.1, 0.15) is 0 Å². The number of methoxy groups -OCH3 is 1. The zero-order chi connectivity index (χ0) is 15.7. The molecule has 0 aliphatic carbocycles. The quantitative estimate of drug-likeness (QED) is 0.693. The molecule has 0 aliphatic rings. The van der Waals surface area contributed by atoms with Crippen LogP contribution in [0.1, 0.15) is 10.4 Å². The van der Waals surface area contributed by atoms with Gasteiger partial charge < -0.3 is 20.0 Å². The van der Waals surface area contributed by atoms with Crippen molar-refractivity contribution < 1.29 is 13.9 Å². The van der Waals surface area contributed by atoms with E-state index in [0.717, 1.165) is 6.07 Å².